The SMILES string of the molecule is CCCC1(C)CCCC(CC2CCCC(C)(CCC)C2(N)Br)C1(N)Br. The summed E-state index contributed by atoms with van der Waals surface area (Å²) in [5.41, 5.74) is 14.3. The first-order valence-corrected chi connectivity index (χ1v) is 12.1. The van der Waals surface area contributed by atoms with Crippen LogP contribution in [0.5, 0.6) is 0 Å². The van der Waals surface area contributed by atoms with Crippen LogP contribution in [0.4, 0.5) is 0 Å². The van der Waals surface area contributed by atoms with Gasteiger partial charge in [0, 0.05) is 0 Å². The Morgan fingerprint density at radius 2 is 1.16 bits per heavy atom. The number of hydrogen-bond donors (Lipinski definition) is 2. The van der Waals surface area contributed by atoms with Gasteiger partial charge in [0.25, 0.3) is 0 Å². The fourth-order valence-corrected chi connectivity index (χ4v) is 7.55. The van der Waals surface area contributed by atoms with Crippen molar-refractivity contribution in [2.75, 3.05) is 0 Å². The van der Waals surface area contributed by atoms with Gasteiger partial charge in [0.1, 0.15) is 0 Å². The summed E-state index contributed by atoms with van der Waals surface area (Å²) in [5, 5.41) is 0. The maximum atomic E-state index is 6.98. The Labute approximate surface area is 172 Å². The molecule has 6 atom stereocenters. The minimum absolute atomic E-state index is 0.190. The van der Waals surface area contributed by atoms with Crippen LogP contribution in [0.1, 0.15) is 98.3 Å². The number of nitrogens with two attached hydrogens (primary N) is 2. The van der Waals surface area contributed by atoms with E-state index in [1.807, 2.05) is 0 Å². The predicted octanol–water partition coefficient (Wildman–Crippen LogP) is 6.69. The molecule has 0 aromatic rings. The molecule has 0 aromatic carbocycles. The van der Waals surface area contributed by atoms with Crippen molar-refractivity contribution in [3.8, 4) is 0 Å². The lowest BCUT2D eigenvalue weighted by Gasteiger charge is -2.55. The van der Waals surface area contributed by atoms with Crippen LogP contribution in [0.25, 0.3) is 0 Å². The summed E-state index contributed by atoms with van der Waals surface area (Å²) in [6.07, 6.45) is 13.5. The first kappa shape index (κ1) is 22.2. The van der Waals surface area contributed by atoms with Crippen molar-refractivity contribution in [3.05, 3.63) is 0 Å². The van der Waals surface area contributed by atoms with Crippen molar-refractivity contribution in [3.63, 3.8) is 0 Å². The molecule has 2 aliphatic rings. The lowest BCUT2D eigenvalue weighted by molar-refractivity contribution is 0.0348. The molecular formula is C21H40Br2N2. The van der Waals surface area contributed by atoms with E-state index in [1.165, 1.54) is 64.2 Å². The highest BCUT2D eigenvalue weighted by molar-refractivity contribution is 9.10. The Bertz CT molecular complexity index is 403. The normalized spacial score (nSPS) is 48.5. The van der Waals surface area contributed by atoms with Crippen molar-refractivity contribution in [2.45, 2.75) is 107 Å². The van der Waals surface area contributed by atoms with Crippen LogP contribution in [0.3, 0.4) is 0 Å². The van der Waals surface area contributed by atoms with Gasteiger partial charge in [-0.2, -0.15) is 0 Å². The molecule has 4 heteroatoms. The maximum Gasteiger partial charge on any atom is 0.0800 e. The highest BCUT2D eigenvalue weighted by atomic mass is 79.9. The quantitative estimate of drug-likeness (QED) is 0.329. The molecule has 2 saturated carbocycles. The highest BCUT2D eigenvalue weighted by Gasteiger charge is 2.55. The Morgan fingerprint density at radius 1 is 0.800 bits per heavy atom. The molecule has 0 heterocycles. The van der Waals surface area contributed by atoms with Gasteiger partial charge in [0.2, 0.25) is 0 Å². The van der Waals surface area contributed by atoms with Crippen LogP contribution >= 0.6 is 31.9 Å². The smallest absolute Gasteiger partial charge is 0.0800 e. The Hall–Kier alpha value is 0.880. The first-order valence-electron chi connectivity index (χ1n) is 10.5. The van der Waals surface area contributed by atoms with Crippen LogP contribution in [0, 0.1) is 22.7 Å². The molecule has 6 unspecified atom stereocenters. The maximum absolute atomic E-state index is 6.98. The molecule has 0 aliphatic heterocycles. The zero-order valence-corrected chi connectivity index (χ0v) is 20.0. The molecule has 0 bridgehead atoms. The van der Waals surface area contributed by atoms with Gasteiger partial charge in [-0.1, -0.05) is 85.2 Å². The summed E-state index contributed by atoms with van der Waals surface area (Å²) in [5.74, 6) is 1.01. The van der Waals surface area contributed by atoms with E-state index in [9.17, 15) is 0 Å². The van der Waals surface area contributed by atoms with Crippen LogP contribution in [-0.2, 0) is 0 Å². The molecule has 0 spiro atoms. The van der Waals surface area contributed by atoms with Gasteiger partial charge in [-0.05, 0) is 67.6 Å². The predicted molar refractivity (Wildman–Crippen MR) is 117 cm³/mol. The van der Waals surface area contributed by atoms with Gasteiger partial charge < -0.3 is 11.5 Å². The minimum atomic E-state index is -0.268. The molecule has 0 aromatic heterocycles. The lowest BCUT2D eigenvalue weighted by atomic mass is 9.59. The van der Waals surface area contributed by atoms with Crippen LogP contribution in [0.15, 0.2) is 0 Å². The summed E-state index contributed by atoms with van der Waals surface area (Å²) in [7, 11) is 0. The molecule has 25 heavy (non-hydrogen) atoms. The zero-order chi connectivity index (χ0) is 18.9. The number of alkyl halides is 2. The third-order valence-electron chi connectivity index (χ3n) is 7.77. The van der Waals surface area contributed by atoms with E-state index in [0.29, 0.717) is 11.8 Å². The summed E-state index contributed by atoms with van der Waals surface area (Å²) in [6, 6.07) is 0. The highest BCUT2D eigenvalue weighted by Crippen LogP contribution is 2.58. The third-order valence-corrected chi connectivity index (χ3v) is 11.0. The average Bonchev–Trinajstić information content (AvgIpc) is 2.50. The standard InChI is InChI=1S/C21H40Br2N2/c1-5-11-18(3)13-7-9-16(20(18,22)24)15-17-10-8-14-19(4,12-6-2)21(17,23)25/h16-17H,5-15,24-25H2,1-4H3. The summed E-state index contributed by atoms with van der Waals surface area (Å²) >= 11 is 8.06. The van der Waals surface area contributed by atoms with Crippen molar-refractivity contribution in [1.29, 1.82) is 0 Å². The van der Waals surface area contributed by atoms with E-state index in [1.54, 1.807) is 0 Å². The van der Waals surface area contributed by atoms with Crippen LogP contribution in [-0.4, -0.2) is 8.90 Å². The van der Waals surface area contributed by atoms with Gasteiger partial charge in [-0.15, -0.1) is 0 Å². The van der Waals surface area contributed by atoms with Crippen molar-refractivity contribution < 1.29 is 0 Å². The van der Waals surface area contributed by atoms with Gasteiger partial charge in [0.05, 0.1) is 8.90 Å². The van der Waals surface area contributed by atoms with Crippen LogP contribution in [0.2, 0.25) is 0 Å². The second-order valence-corrected chi connectivity index (χ2v) is 12.2. The van der Waals surface area contributed by atoms with E-state index in [-0.39, 0.29) is 19.7 Å². The zero-order valence-electron chi connectivity index (χ0n) is 16.8. The summed E-state index contributed by atoms with van der Waals surface area (Å²) in [6.45, 7) is 9.34. The van der Waals surface area contributed by atoms with Crippen LogP contribution < -0.4 is 11.5 Å². The molecule has 2 aliphatic carbocycles. The molecular weight excluding hydrogens is 440 g/mol. The largest absolute Gasteiger partial charge is 0.316 e. The summed E-state index contributed by atoms with van der Waals surface area (Å²) in [4.78, 5) is 0. The molecule has 148 valence electrons. The third kappa shape index (κ3) is 4.03. The molecule has 4 N–H and O–H groups in total. The van der Waals surface area contributed by atoms with E-state index in [4.69, 9.17) is 11.5 Å². The second kappa shape index (κ2) is 8.09. The Kier molecular flexibility index (Phi) is 7.17. The van der Waals surface area contributed by atoms with E-state index >= 15 is 0 Å². The second-order valence-electron chi connectivity index (χ2n) is 9.57. The van der Waals surface area contributed by atoms with Crippen molar-refractivity contribution in [1.82, 2.24) is 0 Å². The average molecular weight is 480 g/mol. The number of halogens is 2. The van der Waals surface area contributed by atoms with Crippen molar-refractivity contribution >= 4 is 31.9 Å². The molecule has 0 saturated heterocycles. The van der Waals surface area contributed by atoms with Gasteiger partial charge in [0.15, 0.2) is 0 Å². The van der Waals surface area contributed by atoms with E-state index in [0.717, 1.165) is 6.42 Å². The molecule has 2 rings (SSSR count). The number of rotatable bonds is 6. The van der Waals surface area contributed by atoms with E-state index in [2.05, 4.69) is 59.6 Å². The Morgan fingerprint density at radius 3 is 1.48 bits per heavy atom. The fraction of sp³-hybridized carbons (Fsp3) is 1.00. The molecule has 0 amide bonds. The summed E-state index contributed by atoms with van der Waals surface area (Å²) < 4.78 is -0.536. The van der Waals surface area contributed by atoms with E-state index < -0.39 is 0 Å². The number of hydrogen-bond acceptors (Lipinski definition) is 2. The monoisotopic (exact) mass is 478 g/mol. The molecule has 2 nitrogen and oxygen atoms in total. The topological polar surface area (TPSA) is 52.0 Å². The fourth-order valence-electron chi connectivity index (χ4n) is 5.93. The molecule has 0 radical (unpaired) electrons. The minimum Gasteiger partial charge on any atom is -0.316 e. The van der Waals surface area contributed by atoms with Gasteiger partial charge >= 0.3 is 0 Å². The van der Waals surface area contributed by atoms with Crippen molar-refractivity contribution in [2.24, 2.45) is 34.1 Å². The Balaban J connectivity index is 2.19. The molecule has 2 fully saturated rings. The van der Waals surface area contributed by atoms with Gasteiger partial charge in [-0.3, -0.25) is 0 Å². The lowest BCUT2D eigenvalue weighted by Crippen LogP contribution is -2.60. The first-order chi connectivity index (χ1) is 11.5. The van der Waals surface area contributed by atoms with Gasteiger partial charge in [-0.25, -0.2) is 0 Å².